The number of nitrogens with one attached hydrogen (secondary N) is 2. The third-order valence-electron chi connectivity index (χ3n) is 4.25. The lowest BCUT2D eigenvalue weighted by molar-refractivity contribution is 0.102. The van der Waals surface area contributed by atoms with Crippen molar-refractivity contribution in [3.63, 3.8) is 0 Å². The predicted octanol–water partition coefficient (Wildman–Crippen LogP) is 3.49. The Morgan fingerprint density at radius 2 is 1.93 bits per heavy atom. The topological polar surface area (TPSA) is 93.1 Å². The number of carbonyl (C=O) groups excluding carboxylic acids is 1. The normalized spacial score (nSPS) is 11.5. The average molecular weight is 419 g/mol. The van der Waals surface area contributed by atoms with Gasteiger partial charge in [0.1, 0.15) is 0 Å². The fraction of sp³-hybridized carbons (Fsp3) is 0.263. The van der Waals surface area contributed by atoms with Gasteiger partial charge >= 0.3 is 0 Å². The van der Waals surface area contributed by atoms with Crippen LogP contribution in [0.1, 0.15) is 35.1 Å². The molecule has 0 fully saturated rings. The van der Waals surface area contributed by atoms with Crippen molar-refractivity contribution in [2.75, 3.05) is 11.9 Å². The molecular weight excluding hydrogens is 396 g/mol. The molecule has 1 amide bonds. The molecule has 0 atom stereocenters. The van der Waals surface area contributed by atoms with Crippen LogP contribution < -0.4 is 10.0 Å². The Morgan fingerprint density at radius 1 is 1.21 bits per heavy atom. The lowest BCUT2D eigenvalue weighted by Gasteiger charge is -2.09. The smallest absolute Gasteiger partial charge is 0.257 e. The largest absolute Gasteiger partial charge is 0.322 e. The van der Waals surface area contributed by atoms with Crippen molar-refractivity contribution in [1.82, 2.24) is 14.3 Å². The molecule has 3 rings (SSSR count). The molecule has 28 heavy (non-hydrogen) atoms. The fourth-order valence-corrected chi connectivity index (χ4v) is 4.73. The molecule has 0 aliphatic rings. The molecule has 0 unspecified atom stereocenters. The van der Waals surface area contributed by atoms with Crippen molar-refractivity contribution in [2.24, 2.45) is 0 Å². The van der Waals surface area contributed by atoms with Crippen molar-refractivity contribution < 1.29 is 13.2 Å². The summed E-state index contributed by atoms with van der Waals surface area (Å²) in [6.07, 6.45) is 2.44. The number of amides is 1. The molecule has 2 heterocycles. The van der Waals surface area contributed by atoms with Gasteiger partial charge in [0.05, 0.1) is 10.5 Å². The lowest BCUT2D eigenvalue weighted by atomic mass is 10.2. The van der Waals surface area contributed by atoms with Gasteiger partial charge in [-0.1, -0.05) is 6.92 Å². The Balaban J connectivity index is 1.78. The SMILES string of the molecule is CCCNS(=O)(=O)c1ccc(NC(=O)c2cc(C)n(-c3nccs3)c2C)cc1. The van der Waals surface area contributed by atoms with Crippen molar-refractivity contribution in [3.05, 3.63) is 58.9 Å². The van der Waals surface area contributed by atoms with Gasteiger partial charge in [0.15, 0.2) is 5.13 Å². The zero-order chi connectivity index (χ0) is 20.3. The number of carbonyl (C=O) groups is 1. The van der Waals surface area contributed by atoms with Gasteiger partial charge in [0.25, 0.3) is 5.91 Å². The maximum Gasteiger partial charge on any atom is 0.257 e. The molecule has 0 aliphatic carbocycles. The Hall–Kier alpha value is -2.49. The molecule has 3 aromatic rings. The van der Waals surface area contributed by atoms with Crippen LogP contribution in [0.4, 0.5) is 5.69 Å². The summed E-state index contributed by atoms with van der Waals surface area (Å²) >= 11 is 1.50. The molecule has 0 aliphatic heterocycles. The van der Waals surface area contributed by atoms with Crippen LogP contribution in [0.25, 0.3) is 5.13 Å². The van der Waals surface area contributed by atoms with Gasteiger partial charge in [0, 0.05) is 35.2 Å². The van der Waals surface area contributed by atoms with E-state index in [9.17, 15) is 13.2 Å². The van der Waals surface area contributed by atoms with E-state index in [1.54, 1.807) is 18.3 Å². The number of thiazole rings is 1. The Morgan fingerprint density at radius 3 is 2.54 bits per heavy atom. The van der Waals surface area contributed by atoms with Crippen molar-refractivity contribution in [1.29, 1.82) is 0 Å². The Kier molecular flexibility index (Phi) is 5.97. The second kappa shape index (κ2) is 8.26. The zero-order valence-corrected chi connectivity index (χ0v) is 17.5. The summed E-state index contributed by atoms with van der Waals surface area (Å²) in [4.78, 5) is 17.2. The van der Waals surface area contributed by atoms with E-state index in [4.69, 9.17) is 0 Å². The molecule has 0 spiro atoms. The number of aromatic nitrogens is 2. The van der Waals surface area contributed by atoms with Gasteiger partial charge in [0.2, 0.25) is 10.0 Å². The second-order valence-corrected chi connectivity index (χ2v) is 8.95. The average Bonchev–Trinajstić information content (AvgIpc) is 3.28. The molecule has 0 saturated heterocycles. The van der Waals surface area contributed by atoms with E-state index in [1.807, 2.05) is 36.8 Å². The number of anilines is 1. The van der Waals surface area contributed by atoms with E-state index < -0.39 is 10.0 Å². The summed E-state index contributed by atoms with van der Waals surface area (Å²) in [5.74, 6) is -0.254. The summed E-state index contributed by atoms with van der Waals surface area (Å²) in [6, 6.07) is 7.94. The first kappa shape index (κ1) is 20.2. The van der Waals surface area contributed by atoms with E-state index in [-0.39, 0.29) is 10.8 Å². The number of aryl methyl sites for hydroxylation is 1. The third-order valence-corrected chi connectivity index (χ3v) is 6.48. The molecule has 7 nitrogen and oxygen atoms in total. The molecule has 148 valence electrons. The minimum atomic E-state index is -3.53. The minimum absolute atomic E-state index is 0.167. The number of hydrogen-bond donors (Lipinski definition) is 2. The fourth-order valence-electron chi connectivity index (χ4n) is 2.85. The quantitative estimate of drug-likeness (QED) is 0.614. The maximum absolute atomic E-state index is 12.7. The summed E-state index contributed by atoms with van der Waals surface area (Å²) in [5.41, 5.74) is 2.79. The van der Waals surface area contributed by atoms with E-state index >= 15 is 0 Å². The Bertz CT molecular complexity index is 1070. The summed E-state index contributed by atoms with van der Waals surface area (Å²) in [7, 11) is -3.53. The van der Waals surface area contributed by atoms with Crippen LogP contribution in [-0.4, -0.2) is 30.4 Å². The first-order valence-corrected chi connectivity index (χ1v) is 11.2. The summed E-state index contributed by atoms with van der Waals surface area (Å²) in [6.45, 7) is 6.08. The van der Waals surface area contributed by atoms with E-state index in [2.05, 4.69) is 15.0 Å². The number of rotatable bonds is 7. The van der Waals surface area contributed by atoms with E-state index in [0.29, 0.717) is 24.2 Å². The van der Waals surface area contributed by atoms with Gasteiger partial charge in [-0.2, -0.15) is 0 Å². The zero-order valence-electron chi connectivity index (χ0n) is 15.9. The highest BCUT2D eigenvalue weighted by atomic mass is 32.2. The van der Waals surface area contributed by atoms with E-state index in [1.165, 1.54) is 23.5 Å². The molecule has 9 heteroatoms. The van der Waals surface area contributed by atoms with Crippen LogP contribution in [0.3, 0.4) is 0 Å². The standard InChI is InChI=1S/C19H22N4O3S2/c1-4-9-21-28(25,26)16-7-5-15(6-8-16)22-18(24)17-12-13(2)23(14(17)3)19-20-10-11-27-19/h5-8,10-12,21H,4,9H2,1-3H3,(H,22,24). The lowest BCUT2D eigenvalue weighted by Crippen LogP contribution is -2.24. The molecule has 1 aromatic carbocycles. The van der Waals surface area contributed by atoms with Crippen LogP contribution in [0.5, 0.6) is 0 Å². The monoisotopic (exact) mass is 418 g/mol. The number of sulfonamides is 1. The highest BCUT2D eigenvalue weighted by Crippen LogP contribution is 2.23. The van der Waals surface area contributed by atoms with Gasteiger partial charge in [-0.3, -0.25) is 9.36 Å². The van der Waals surface area contributed by atoms with Crippen molar-refractivity contribution >= 4 is 33.0 Å². The summed E-state index contributed by atoms with van der Waals surface area (Å²) in [5, 5.41) is 5.52. The van der Waals surface area contributed by atoms with Crippen molar-refractivity contribution in [3.8, 4) is 5.13 Å². The number of hydrogen-bond acceptors (Lipinski definition) is 5. The number of nitrogens with zero attached hydrogens (tertiary/aromatic N) is 2. The highest BCUT2D eigenvalue weighted by Gasteiger charge is 2.18. The van der Waals surface area contributed by atoms with Crippen LogP contribution in [0.2, 0.25) is 0 Å². The molecule has 0 radical (unpaired) electrons. The maximum atomic E-state index is 12.7. The molecular formula is C19H22N4O3S2. The van der Waals surface area contributed by atoms with Crippen LogP contribution in [0, 0.1) is 13.8 Å². The van der Waals surface area contributed by atoms with Gasteiger partial charge < -0.3 is 5.32 Å². The molecule has 2 N–H and O–H groups in total. The first-order valence-electron chi connectivity index (χ1n) is 8.83. The number of benzene rings is 1. The Labute approximate surface area is 168 Å². The summed E-state index contributed by atoms with van der Waals surface area (Å²) < 4.78 is 28.7. The molecule has 2 aromatic heterocycles. The highest BCUT2D eigenvalue weighted by molar-refractivity contribution is 7.89. The first-order chi connectivity index (χ1) is 13.3. The van der Waals surface area contributed by atoms with Crippen LogP contribution in [-0.2, 0) is 10.0 Å². The van der Waals surface area contributed by atoms with Crippen molar-refractivity contribution in [2.45, 2.75) is 32.1 Å². The van der Waals surface area contributed by atoms with Crippen LogP contribution in [0.15, 0.2) is 46.8 Å². The minimum Gasteiger partial charge on any atom is -0.322 e. The molecule has 0 saturated carbocycles. The molecule has 0 bridgehead atoms. The predicted molar refractivity (Wildman–Crippen MR) is 111 cm³/mol. The third kappa shape index (κ3) is 4.16. The van der Waals surface area contributed by atoms with Gasteiger partial charge in [-0.15, -0.1) is 11.3 Å². The second-order valence-electron chi connectivity index (χ2n) is 6.31. The van der Waals surface area contributed by atoms with Crippen LogP contribution >= 0.6 is 11.3 Å². The van der Waals surface area contributed by atoms with E-state index in [0.717, 1.165) is 16.5 Å². The van der Waals surface area contributed by atoms with Gasteiger partial charge in [-0.25, -0.2) is 18.1 Å². The van der Waals surface area contributed by atoms with Gasteiger partial charge in [-0.05, 0) is 50.6 Å².